The van der Waals surface area contributed by atoms with Crippen LogP contribution >= 0.6 is 27.7 Å². The Balaban J connectivity index is 1.76. The molecule has 0 bridgehead atoms. The molecule has 0 saturated carbocycles. The van der Waals surface area contributed by atoms with Crippen LogP contribution in [0.25, 0.3) is 11.1 Å². The monoisotopic (exact) mass is 484 g/mol. The number of benzene rings is 2. The average Bonchev–Trinajstić information content (AvgIpc) is 3.07. The van der Waals surface area contributed by atoms with E-state index in [1.54, 1.807) is 31.4 Å². The number of carbonyl (C=O) groups is 1. The van der Waals surface area contributed by atoms with Crippen LogP contribution in [0.3, 0.4) is 0 Å². The second-order valence-electron chi connectivity index (χ2n) is 5.96. The van der Waals surface area contributed by atoms with Crippen molar-refractivity contribution in [1.29, 1.82) is 0 Å². The van der Waals surface area contributed by atoms with Crippen LogP contribution in [-0.2, 0) is 10.0 Å². The molecule has 148 valence electrons. The molecule has 0 aliphatic rings. The van der Waals surface area contributed by atoms with Crippen LogP contribution < -0.4 is 4.74 Å². The van der Waals surface area contributed by atoms with Crippen LogP contribution in [0.4, 0.5) is 0 Å². The van der Waals surface area contributed by atoms with Crippen molar-refractivity contribution in [2.24, 2.45) is 0 Å². The molecule has 1 aromatic heterocycles. The molecular formula is C18H17BrN2O5S2. The number of hydrogen-bond donors (Lipinski definition) is 0. The van der Waals surface area contributed by atoms with Gasteiger partial charge in [0.2, 0.25) is 10.0 Å². The zero-order valence-corrected chi connectivity index (χ0v) is 18.5. The summed E-state index contributed by atoms with van der Waals surface area (Å²) >= 11 is 4.51. The second kappa shape index (κ2) is 8.24. The maximum Gasteiger partial charge on any atom is 0.257 e. The van der Waals surface area contributed by atoms with E-state index in [1.807, 2.05) is 0 Å². The van der Waals surface area contributed by atoms with Crippen molar-refractivity contribution in [3.8, 4) is 5.75 Å². The number of oxazole rings is 1. The SMILES string of the molecule is COc1ccc(C(=O)CSc2nc3cc(S(=O)(=O)N(C)C)ccc3o2)cc1Br. The van der Waals surface area contributed by atoms with Gasteiger partial charge in [0, 0.05) is 19.7 Å². The van der Waals surface area contributed by atoms with Crippen LogP contribution in [0.5, 0.6) is 5.75 Å². The Hall–Kier alpha value is -1.88. The van der Waals surface area contributed by atoms with Crippen molar-refractivity contribution in [3.05, 3.63) is 46.4 Å². The molecule has 3 rings (SSSR count). The molecule has 0 amide bonds. The van der Waals surface area contributed by atoms with Gasteiger partial charge in [-0.05, 0) is 52.3 Å². The van der Waals surface area contributed by atoms with E-state index in [0.29, 0.717) is 32.1 Å². The van der Waals surface area contributed by atoms with E-state index in [9.17, 15) is 13.2 Å². The Labute approximate surface area is 175 Å². The summed E-state index contributed by atoms with van der Waals surface area (Å²) in [4.78, 5) is 16.8. The third kappa shape index (κ3) is 4.24. The highest BCUT2D eigenvalue weighted by molar-refractivity contribution is 9.10. The molecule has 0 N–H and O–H groups in total. The van der Waals surface area contributed by atoms with Gasteiger partial charge in [-0.25, -0.2) is 17.7 Å². The van der Waals surface area contributed by atoms with Crippen LogP contribution in [0, 0.1) is 0 Å². The second-order valence-corrected chi connectivity index (χ2v) is 9.89. The quantitative estimate of drug-likeness (QED) is 0.371. The third-order valence-electron chi connectivity index (χ3n) is 3.92. The molecule has 3 aromatic rings. The number of sulfonamides is 1. The zero-order chi connectivity index (χ0) is 20.5. The lowest BCUT2D eigenvalue weighted by Gasteiger charge is -2.10. The molecular weight excluding hydrogens is 468 g/mol. The van der Waals surface area contributed by atoms with Crippen molar-refractivity contribution < 1.29 is 22.4 Å². The standard InChI is InChI=1S/C18H17BrN2O5S2/c1-21(2)28(23,24)12-5-7-17-14(9-12)20-18(26-17)27-10-15(22)11-4-6-16(25-3)13(19)8-11/h4-9H,10H2,1-3H3. The molecule has 7 nitrogen and oxygen atoms in total. The molecule has 0 radical (unpaired) electrons. The number of fused-ring (bicyclic) bond motifs is 1. The van der Waals surface area contributed by atoms with Gasteiger partial charge in [0.05, 0.1) is 22.2 Å². The van der Waals surface area contributed by atoms with E-state index in [2.05, 4.69) is 20.9 Å². The number of ether oxygens (including phenoxy) is 1. The van der Waals surface area contributed by atoms with Crippen molar-refractivity contribution in [1.82, 2.24) is 9.29 Å². The number of thioether (sulfide) groups is 1. The molecule has 0 aliphatic carbocycles. The fraction of sp³-hybridized carbons (Fsp3) is 0.222. The predicted molar refractivity (Wildman–Crippen MR) is 111 cm³/mol. The van der Waals surface area contributed by atoms with Gasteiger partial charge in [-0.2, -0.15) is 0 Å². The Morgan fingerprint density at radius 2 is 2.00 bits per heavy atom. The van der Waals surface area contributed by atoms with E-state index in [1.165, 1.54) is 26.2 Å². The minimum atomic E-state index is -3.55. The van der Waals surface area contributed by atoms with Gasteiger partial charge in [0.15, 0.2) is 11.4 Å². The predicted octanol–water partition coefficient (Wildman–Crippen LogP) is 3.82. The van der Waals surface area contributed by atoms with E-state index < -0.39 is 10.0 Å². The number of ketones is 1. The number of carbonyl (C=O) groups excluding carboxylic acids is 1. The van der Waals surface area contributed by atoms with Gasteiger partial charge < -0.3 is 9.15 Å². The number of nitrogens with zero attached hydrogens (tertiary/aromatic N) is 2. The normalized spacial score (nSPS) is 11.9. The van der Waals surface area contributed by atoms with Gasteiger partial charge in [-0.15, -0.1) is 0 Å². The number of aromatic nitrogens is 1. The number of halogens is 1. The fourth-order valence-corrected chi connectivity index (χ4v) is 4.57. The first-order valence-corrected chi connectivity index (χ1v) is 11.3. The molecule has 0 saturated heterocycles. The molecule has 0 atom stereocenters. The molecule has 10 heteroatoms. The van der Waals surface area contributed by atoms with Gasteiger partial charge in [0.25, 0.3) is 5.22 Å². The topological polar surface area (TPSA) is 89.7 Å². The van der Waals surface area contributed by atoms with Gasteiger partial charge >= 0.3 is 0 Å². The maximum absolute atomic E-state index is 12.4. The van der Waals surface area contributed by atoms with E-state index >= 15 is 0 Å². The van der Waals surface area contributed by atoms with Crippen molar-refractivity contribution in [2.45, 2.75) is 10.1 Å². The van der Waals surface area contributed by atoms with Crippen molar-refractivity contribution in [2.75, 3.05) is 27.0 Å². The molecule has 1 heterocycles. The fourth-order valence-electron chi connectivity index (χ4n) is 2.37. The smallest absolute Gasteiger partial charge is 0.257 e. The van der Waals surface area contributed by atoms with Gasteiger partial charge in [-0.3, -0.25) is 4.79 Å². The molecule has 0 spiro atoms. The Bertz CT molecular complexity index is 1140. The molecule has 28 heavy (non-hydrogen) atoms. The minimum Gasteiger partial charge on any atom is -0.496 e. The first-order valence-electron chi connectivity index (χ1n) is 8.05. The van der Waals surface area contributed by atoms with Crippen LogP contribution in [-0.4, -0.2) is 50.4 Å². The molecule has 2 aromatic carbocycles. The largest absolute Gasteiger partial charge is 0.496 e. The number of Topliss-reactive ketones (excluding diaryl/α,β-unsaturated/α-hetero) is 1. The van der Waals surface area contributed by atoms with Crippen LogP contribution in [0.15, 0.2) is 55.4 Å². The third-order valence-corrected chi connectivity index (χ3v) is 7.18. The summed E-state index contributed by atoms with van der Waals surface area (Å²) in [7, 11) is 0.931. The summed E-state index contributed by atoms with van der Waals surface area (Å²) in [6.45, 7) is 0. The summed E-state index contributed by atoms with van der Waals surface area (Å²) in [5.74, 6) is 0.687. The summed E-state index contributed by atoms with van der Waals surface area (Å²) in [5.41, 5.74) is 1.42. The Morgan fingerprint density at radius 3 is 2.64 bits per heavy atom. The van der Waals surface area contributed by atoms with Crippen molar-refractivity contribution >= 4 is 54.6 Å². The lowest BCUT2D eigenvalue weighted by atomic mass is 10.1. The lowest BCUT2D eigenvalue weighted by molar-refractivity contribution is 0.102. The molecule has 0 aliphatic heterocycles. The summed E-state index contributed by atoms with van der Waals surface area (Å²) in [6.07, 6.45) is 0. The maximum atomic E-state index is 12.4. The number of methoxy groups -OCH3 is 1. The summed E-state index contributed by atoms with van der Waals surface area (Å²) in [6, 6.07) is 9.60. The highest BCUT2D eigenvalue weighted by atomic mass is 79.9. The lowest BCUT2D eigenvalue weighted by Crippen LogP contribution is -2.22. The van der Waals surface area contributed by atoms with E-state index in [-0.39, 0.29) is 16.4 Å². The Kier molecular flexibility index (Phi) is 6.13. The number of rotatable bonds is 7. The average molecular weight is 485 g/mol. The highest BCUT2D eigenvalue weighted by Crippen LogP contribution is 2.29. The zero-order valence-electron chi connectivity index (χ0n) is 15.3. The van der Waals surface area contributed by atoms with Gasteiger partial charge in [0.1, 0.15) is 11.3 Å². The highest BCUT2D eigenvalue weighted by Gasteiger charge is 2.19. The first kappa shape index (κ1) is 20.8. The van der Waals surface area contributed by atoms with Crippen molar-refractivity contribution in [3.63, 3.8) is 0 Å². The summed E-state index contributed by atoms with van der Waals surface area (Å²) in [5, 5.41) is 0.301. The molecule has 0 fully saturated rings. The Morgan fingerprint density at radius 1 is 1.25 bits per heavy atom. The summed E-state index contributed by atoms with van der Waals surface area (Å²) < 4.78 is 37.1. The molecule has 0 unspecified atom stereocenters. The van der Waals surface area contributed by atoms with Crippen LogP contribution in [0.1, 0.15) is 10.4 Å². The van der Waals surface area contributed by atoms with Crippen LogP contribution in [0.2, 0.25) is 0 Å². The number of hydrogen-bond acceptors (Lipinski definition) is 7. The van der Waals surface area contributed by atoms with E-state index in [4.69, 9.17) is 9.15 Å². The van der Waals surface area contributed by atoms with Gasteiger partial charge in [-0.1, -0.05) is 11.8 Å². The van der Waals surface area contributed by atoms with E-state index in [0.717, 1.165) is 16.1 Å². The first-order chi connectivity index (χ1) is 13.2. The minimum absolute atomic E-state index is 0.0912.